The van der Waals surface area contributed by atoms with Crippen LogP contribution in [0.15, 0.2) is 54.6 Å². The lowest BCUT2D eigenvalue weighted by atomic mass is 9.87. The van der Waals surface area contributed by atoms with E-state index in [1.165, 1.54) is 11.1 Å². The maximum atomic E-state index is 12.0. The van der Waals surface area contributed by atoms with Crippen molar-refractivity contribution in [1.29, 1.82) is 0 Å². The maximum Gasteiger partial charge on any atom is 0.257 e. The summed E-state index contributed by atoms with van der Waals surface area (Å²) in [4.78, 5) is 14.5. The van der Waals surface area contributed by atoms with Crippen molar-refractivity contribution in [1.82, 2.24) is 10.2 Å². The molecule has 2 aromatic rings. The van der Waals surface area contributed by atoms with Gasteiger partial charge in [0.25, 0.3) is 5.91 Å². The Morgan fingerprint density at radius 3 is 2.55 bits per heavy atom. The number of hydrogen-bond acceptors (Lipinski definition) is 4. The van der Waals surface area contributed by atoms with Gasteiger partial charge in [-0.2, -0.15) is 0 Å². The third-order valence-corrected chi connectivity index (χ3v) is 5.64. The van der Waals surface area contributed by atoms with Gasteiger partial charge in [-0.1, -0.05) is 63.2 Å². The Hall–Kier alpha value is -2.37. The van der Waals surface area contributed by atoms with Gasteiger partial charge in [-0.25, -0.2) is 0 Å². The molecule has 1 heterocycles. The van der Waals surface area contributed by atoms with E-state index >= 15 is 0 Å². The van der Waals surface area contributed by atoms with Gasteiger partial charge in [0, 0.05) is 19.6 Å². The number of nitrogens with zero attached hydrogens (tertiary/aromatic N) is 1. The average molecular weight is 425 g/mol. The molecule has 0 aliphatic carbocycles. The summed E-state index contributed by atoms with van der Waals surface area (Å²) >= 11 is 0. The van der Waals surface area contributed by atoms with Gasteiger partial charge >= 0.3 is 0 Å². The highest BCUT2D eigenvalue weighted by Crippen LogP contribution is 2.24. The Labute approximate surface area is 186 Å². The Kier molecular flexibility index (Phi) is 8.50. The van der Waals surface area contributed by atoms with E-state index in [0.717, 1.165) is 44.8 Å². The molecule has 1 amide bonds. The molecule has 1 unspecified atom stereocenters. The van der Waals surface area contributed by atoms with Crippen LogP contribution in [0.1, 0.15) is 50.8 Å². The number of carbonyl (C=O) groups excluding carboxylic acids is 1. The molecule has 5 nitrogen and oxygen atoms in total. The van der Waals surface area contributed by atoms with E-state index < -0.39 is 0 Å². The smallest absolute Gasteiger partial charge is 0.257 e. The molecule has 5 heteroatoms. The van der Waals surface area contributed by atoms with Gasteiger partial charge in [-0.3, -0.25) is 9.69 Å². The maximum absolute atomic E-state index is 12.0. The van der Waals surface area contributed by atoms with Crippen LogP contribution in [-0.2, 0) is 14.9 Å². The lowest BCUT2D eigenvalue weighted by Gasteiger charge is -2.33. The molecule has 0 saturated carbocycles. The Morgan fingerprint density at radius 2 is 1.84 bits per heavy atom. The van der Waals surface area contributed by atoms with Crippen LogP contribution < -0.4 is 10.1 Å². The predicted molar refractivity (Wildman–Crippen MR) is 124 cm³/mol. The van der Waals surface area contributed by atoms with Crippen molar-refractivity contribution >= 4 is 5.91 Å². The summed E-state index contributed by atoms with van der Waals surface area (Å²) in [5.74, 6) is 0.652. The first kappa shape index (κ1) is 23.3. The molecular weight excluding hydrogens is 388 g/mol. The Bertz CT molecular complexity index is 800. The molecule has 0 spiro atoms. The minimum Gasteiger partial charge on any atom is -0.484 e. The molecule has 1 aliphatic rings. The SMILES string of the molecule is CC(C)(C)c1ccc(OCC(=O)NCCCCN2CCOC(c3ccccc3)C2)cc1. The van der Waals surface area contributed by atoms with E-state index in [2.05, 4.69) is 67.4 Å². The molecule has 1 N–H and O–H groups in total. The molecule has 0 aromatic heterocycles. The van der Waals surface area contributed by atoms with Crippen molar-refractivity contribution in [2.45, 2.75) is 45.1 Å². The fourth-order valence-electron chi connectivity index (χ4n) is 3.71. The van der Waals surface area contributed by atoms with Crippen molar-refractivity contribution in [2.24, 2.45) is 0 Å². The van der Waals surface area contributed by atoms with Gasteiger partial charge in [0.15, 0.2) is 6.61 Å². The lowest BCUT2D eigenvalue weighted by molar-refractivity contribution is -0.123. The zero-order chi connectivity index (χ0) is 22.1. The first-order valence-corrected chi connectivity index (χ1v) is 11.3. The van der Waals surface area contributed by atoms with Gasteiger partial charge in [0.1, 0.15) is 5.75 Å². The van der Waals surface area contributed by atoms with Crippen molar-refractivity contribution in [3.05, 3.63) is 65.7 Å². The van der Waals surface area contributed by atoms with E-state index in [-0.39, 0.29) is 24.0 Å². The zero-order valence-corrected chi connectivity index (χ0v) is 19.1. The fraction of sp³-hybridized carbons (Fsp3) is 0.500. The van der Waals surface area contributed by atoms with Crippen LogP contribution >= 0.6 is 0 Å². The first-order chi connectivity index (χ1) is 14.9. The largest absolute Gasteiger partial charge is 0.484 e. The van der Waals surface area contributed by atoms with Crippen molar-refractivity contribution in [3.63, 3.8) is 0 Å². The van der Waals surface area contributed by atoms with Crippen molar-refractivity contribution in [2.75, 3.05) is 39.4 Å². The summed E-state index contributed by atoms with van der Waals surface area (Å²) < 4.78 is 11.5. The molecule has 1 aliphatic heterocycles. The molecule has 0 radical (unpaired) electrons. The van der Waals surface area contributed by atoms with Crippen LogP contribution in [0, 0.1) is 0 Å². The Morgan fingerprint density at radius 1 is 1.10 bits per heavy atom. The van der Waals surface area contributed by atoms with E-state index in [0.29, 0.717) is 6.54 Å². The highest BCUT2D eigenvalue weighted by molar-refractivity contribution is 5.77. The minimum atomic E-state index is -0.0737. The summed E-state index contributed by atoms with van der Waals surface area (Å²) in [6, 6.07) is 18.4. The van der Waals surface area contributed by atoms with Crippen LogP contribution in [0.5, 0.6) is 5.75 Å². The second kappa shape index (κ2) is 11.3. The molecule has 0 bridgehead atoms. The summed E-state index contributed by atoms with van der Waals surface area (Å²) in [6.07, 6.45) is 2.17. The summed E-state index contributed by atoms with van der Waals surface area (Å²) in [5.41, 5.74) is 2.60. The van der Waals surface area contributed by atoms with Gasteiger partial charge < -0.3 is 14.8 Å². The predicted octanol–water partition coefficient (Wildman–Crippen LogP) is 4.33. The van der Waals surface area contributed by atoms with E-state index in [9.17, 15) is 4.79 Å². The van der Waals surface area contributed by atoms with Gasteiger partial charge in [0.2, 0.25) is 0 Å². The van der Waals surface area contributed by atoms with E-state index in [1.54, 1.807) is 0 Å². The number of amides is 1. The van der Waals surface area contributed by atoms with Crippen molar-refractivity contribution in [3.8, 4) is 5.75 Å². The number of carbonyl (C=O) groups is 1. The summed E-state index contributed by atoms with van der Waals surface area (Å²) in [7, 11) is 0. The van der Waals surface area contributed by atoms with Crippen molar-refractivity contribution < 1.29 is 14.3 Å². The highest BCUT2D eigenvalue weighted by Gasteiger charge is 2.21. The van der Waals surface area contributed by atoms with E-state index in [4.69, 9.17) is 9.47 Å². The van der Waals surface area contributed by atoms with Crippen LogP contribution in [-0.4, -0.2) is 50.2 Å². The summed E-state index contributed by atoms with van der Waals surface area (Å²) in [5, 5.41) is 2.95. The number of ether oxygens (including phenoxy) is 2. The second-order valence-corrected chi connectivity index (χ2v) is 9.19. The van der Waals surface area contributed by atoms with Gasteiger partial charge in [0.05, 0.1) is 12.7 Å². The highest BCUT2D eigenvalue weighted by atomic mass is 16.5. The molecule has 3 rings (SSSR count). The minimum absolute atomic E-state index is 0.0527. The van der Waals surface area contributed by atoms with Crippen LogP contribution in [0.3, 0.4) is 0 Å². The van der Waals surface area contributed by atoms with E-state index in [1.807, 2.05) is 18.2 Å². The lowest BCUT2D eigenvalue weighted by Crippen LogP contribution is -2.39. The van der Waals surface area contributed by atoms with Crippen LogP contribution in [0.4, 0.5) is 0 Å². The Balaban J connectivity index is 1.28. The molecular formula is C26H36N2O3. The molecule has 31 heavy (non-hydrogen) atoms. The van der Waals surface area contributed by atoms with Crippen LogP contribution in [0.2, 0.25) is 0 Å². The number of hydrogen-bond donors (Lipinski definition) is 1. The van der Waals surface area contributed by atoms with Gasteiger partial charge in [-0.05, 0) is 48.1 Å². The normalized spacial score (nSPS) is 17.3. The average Bonchev–Trinajstić information content (AvgIpc) is 2.78. The number of nitrogens with one attached hydrogen (secondary N) is 1. The first-order valence-electron chi connectivity index (χ1n) is 11.3. The summed E-state index contributed by atoms with van der Waals surface area (Å²) in [6.45, 7) is 11.0. The number of unbranched alkanes of at least 4 members (excludes halogenated alkanes) is 1. The third kappa shape index (κ3) is 7.67. The monoisotopic (exact) mass is 424 g/mol. The number of benzene rings is 2. The molecule has 168 valence electrons. The topological polar surface area (TPSA) is 50.8 Å². The molecule has 1 atom stereocenters. The zero-order valence-electron chi connectivity index (χ0n) is 19.1. The van der Waals surface area contributed by atoms with Gasteiger partial charge in [-0.15, -0.1) is 0 Å². The second-order valence-electron chi connectivity index (χ2n) is 9.19. The molecule has 2 aromatic carbocycles. The number of rotatable bonds is 9. The van der Waals surface area contributed by atoms with Crippen LogP contribution in [0.25, 0.3) is 0 Å². The quantitative estimate of drug-likeness (QED) is 0.609. The molecule has 1 saturated heterocycles. The fourth-order valence-corrected chi connectivity index (χ4v) is 3.71. The standard InChI is InChI=1S/C26H36N2O3/c1-26(2,3)22-11-13-23(14-12-22)31-20-25(29)27-15-7-8-16-28-17-18-30-24(19-28)21-9-5-4-6-10-21/h4-6,9-14,24H,7-8,15-20H2,1-3H3,(H,27,29). The molecule has 1 fully saturated rings. The number of morpholine rings is 1. The third-order valence-electron chi connectivity index (χ3n) is 5.64.